The molecule has 0 amide bonds. The topological polar surface area (TPSA) is 75.6 Å². The Hall–Kier alpha value is -6.51. The van der Waals surface area contributed by atoms with Gasteiger partial charge in [-0.3, -0.25) is 0 Å². The minimum atomic E-state index is -3.45. The second-order valence-corrected chi connectivity index (χ2v) is 15.3. The van der Waals surface area contributed by atoms with Gasteiger partial charge >= 0.3 is 20.1 Å². The number of aromatic nitrogens is 3. The minimum Gasteiger partial charge on any atom is -0.501 e. The number of aryl methyl sites for hydroxylation is 7. The second kappa shape index (κ2) is 20.1. The van der Waals surface area contributed by atoms with Crippen molar-refractivity contribution in [2.75, 3.05) is 0 Å². The molecular formula is C59H49IrN4O. The van der Waals surface area contributed by atoms with Crippen molar-refractivity contribution >= 4 is 21.9 Å². The molecule has 5 aromatic carbocycles. The Morgan fingerprint density at radius 2 is 1.35 bits per heavy atom. The molecule has 1 aliphatic rings. The van der Waals surface area contributed by atoms with Gasteiger partial charge in [-0.2, -0.15) is 5.26 Å². The number of nitrogens with zero attached hydrogens (tertiary/aromatic N) is 4. The molecule has 0 radical (unpaired) electrons. The van der Waals surface area contributed by atoms with Gasteiger partial charge in [0.2, 0.25) is 0 Å². The first-order chi connectivity index (χ1) is 38.5. The largest absolute Gasteiger partial charge is 3.00 e. The third-order valence-corrected chi connectivity index (χ3v) is 11.0. The number of benzene rings is 5. The summed E-state index contributed by atoms with van der Waals surface area (Å²) in [5, 5.41) is 10.5. The van der Waals surface area contributed by atoms with Crippen LogP contribution in [0.15, 0.2) is 144 Å². The number of pyridine rings is 3. The van der Waals surface area contributed by atoms with Crippen LogP contribution in [0.1, 0.15) is 113 Å². The standard InChI is InChI=1S/C59H49N4O.Ir/c1-40-30-56(47-14-7-3-8-15-47)62-38-49(40)26-22-43-31-42(21-20-41-25-29-55(61-37-41)53-19-11-18-52-51-28-24-45(36-60)34-58(51)64-59(52)53)32-44(33-43)23-27-50-39-63-57(48-16-9-4-10-17-48)35-54(50)46-12-5-2-6-13-46;/h3-4,7-11,14,16,18,24-25,28-35,37-39,46H,2,5-6,12-13,20-23,26-27H2,1H3;/q-3;+3/i1D3,20D2,21D2,22D2,23D2,24D,26D2,27D2,34D,46D;. The van der Waals surface area contributed by atoms with Gasteiger partial charge in [0.15, 0.2) is 0 Å². The molecule has 65 heavy (non-hydrogen) atoms. The number of fused-ring (bicyclic) bond motifs is 3. The van der Waals surface area contributed by atoms with Crippen LogP contribution in [0.5, 0.6) is 0 Å². The van der Waals surface area contributed by atoms with Gasteiger partial charge in [0.25, 0.3) is 0 Å². The van der Waals surface area contributed by atoms with Gasteiger partial charge in [-0.15, -0.1) is 90.0 Å². The van der Waals surface area contributed by atoms with Crippen molar-refractivity contribution < 1.29 is 49.2 Å². The Kier molecular flexibility index (Phi) is 8.38. The van der Waals surface area contributed by atoms with Crippen molar-refractivity contribution in [1.29, 1.82) is 5.26 Å². The summed E-state index contributed by atoms with van der Waals surface area (Å²) in [4.78, 5) is 13.3. The molecule has 5 nitrogen and oxygen atoms in total. The van der Waals surface area contributed by atoms with Gasteiger partial charge in [-0.25, -0.2) is 0 Å². The van der Waals surface area contributed by atoms with Crippen molar-refractivity contribution in [2.45, 2.75) is 83.1 Å². The molecule has 10 rings (SSSR count). The molecule has 0 spiro atoms. The van der Waals surface area contributed by atoms with E-state index in [9.17, 15) is 23.1 Å². The summed E-state index contributed by atoms with van der Waals surface area (Å²) in [5.41, 5.74) is -2.47. The molecule has 1 aliphatic carbocycles. The van der Waals surface area contributed by atoms with E-state index in [2.05, 4.69) is 33.2 Å². The zero-order valence-electron chi connectivity index (χ0n) is 52.7. The van der Waals surface area contributed by atoms with E-state index in [0.29, 0.717) is 53.3 Å². The van der Waals surface area contributed by atoms with Crippen molar-refractivity contribution in [3.05, 3.63) is 208 Å². The number of rotatable bonds is 13. The third-order valence-electron chi connectivity index (χ3n) is 11.0. The Morgan fingerprint density at radius 1 is 0.692 bits per heavy atom. The number of hydrogen-bond acceptors (Lipinski definition) is 5. The molecule has 1 saturated carbocycles. The Balaban J connectivity index is 0.00000828. The zero-order chi connectivity index (χ0) is 59.2. The summed E-state index contributed by atoms with van der Waals surface area (Å²) >= 11 is 0. The van der Waals surface area contributed by atoms with Crippen LogP contribution in [0.25, 0.3) is 55.7 Å². The van der Waals surface area contributed by atoms with Crippen LogP contribution in [-0.2, 0) is 58.3 Å². The van der Waals surface area contributed by atoms with Gasteiger partial charge in [0.05, 0.1) is 20.0 Å². The van der Waals surface area contributed by atoms with Gasteiger partial charge in [-0.05, 0) is 132 Å². The zero-order valence-corrected chi connectivity index (χ0v) is 37.1. The molecule has 0 saturated heterocycles. The van der Waals surface area contributed by atoms with Crippen molar-refractivity contribution in [2.24, 2.45) is 0 Å². The van der Waals surface area contributed by atoms with Crippen LogP contribution in [-0.4, -0.2) is 15.0 Å². The first kappa shape index (κ1) is 27.1. The quantitative estimate of drug-likeness (QED) is 0.108. The smallest absolute Gasteiger partial charge is 0.501 e. The van der Waals surface area contributed by atoms with Gasteiger partial charge in [0, 0.05) is 45.9 Å². The van der Waals surface area contributed by atoms with E-state index < -0.39 is 78.8 Å². The normalized spacial score (nSPS) is 18.9. The molecule has 0 aliphatic heterocycles. The molecule has 0 bridgehead atoms. The van der Waals surface area contributed by atoms with E-state index in [1.165, 1.54) is 18.2 Å². The summed E-state index contributed by atoms with van der Waals surface area (Å²) in [6, 6.07) is 36.2. The van der Waals surface area contributed by atoms with Crippen LogP contribution in [0, 0.1) is 36.4 Å². The summed E-state index contributed by atoms with van der Waals surface area (Å²) in [6.07, 6.45) is -14.1. The number of furan rings is 1. The first-order valence-electron chi connectivity index (χ1n) is 29.8. The summed E-state index contributed by atoms with van der Waals surface area (Å²) in [6.45, 7) is -3.06. The summed E-state index contributed by atoms with van der Waals surface area (Å²) < 4.78 is 174. The minimum absolute atomic E-state index is 0. The van der Waals surface area contributed by atoms with E-state index in [1.807, 2.05) is 6.07 Å². The maximum atomic E-state index is 9.83. The second-order valence-electron chi connectivity index (χ2n) is 15.3. The van der Waals surface area contributed by atoms with Crippen molar-refractivity contribution in [3.8, 4) is 39.8 Å². The van der Waals surface area contributed by atoms with E-state index >= 15 is 0 Å². The predicted molar refractivity (Wildman–Crippen MR) is 257 cm³/mol. The summed E-state index contributed by atoms with van der Waals surface area (Å²) in [7, 11) is 0. The maximum Gasteiger partial charge on any atom is 3.00 e. The van der Waals surface area contributed by atoms with E-state index in [0.717, 1.165) is 49.3 Å². The molecule has 4 heterocycles. The molecule has 9 aromatic rings. The molecule has 0 atom stereocenters. The van der Waals surface area contributed by atoms with Crippen LogP contribution in [0.3, 0.4) is 0 Å². The van der Waals surface area contributed by atoms with Gasteiger partial charge in [0.1, 0.15) is 5.58 Å². The predicted octanol–water partition coefficient (Wildman–Crippen LogP) is 13.8. The van der Waals surface area contributed by atoms with Crippen molar-refractivity contribution in [3.63, 3.8) is 0 Å². The van der Waals surface area contributed by atoms with Gasteiger partial charge < -0.3 is 19.4 Å². The molecule has 320 valence electrons. The first-order valence-corrected chi connectivity index (χ1v) is 20.8. The average molecular weight is 1040 g/mol. The fraction of sp³-hybridized carbons (Fsp3) is 0.220. The Bertz CT molecular complexity index is 3970. The van der Waals surface area contributed by atoms with E-state index in [4.69, 9.17) is 11.3 Å². The Labute approximate surface area is 421 Å². The fourth-order valence-electron chi connectivity index (χ4n) is 7.80. The molecule has 4 aromatic heterocycles. The average Bonchev–Trinajstić information content (AvgIpc) is 4.01. The van der Waals surface area contributed by atoms with Crippen LogP contribution >= 0.6 is 0 Å². The molecule has 1 fully saturated rings. The van der Waals surface area contributed by atoms with Gasteiger partial charge in [-0.1, -0.05) is 84.3 Å². The van der Waals surface area contributed by atoms with Crippen molar-refractivity contribution in [1.82, 2.24) is 15.0 Å². The third kappa shape index (κ3) is 9.93. The molecule has 6 heteroatoms. The van der Waals surface area contributed by atoms with E-state index in [-0.39, 0.29) is 82.6 Å². The Morgan fingerprint density at radius 3 is 2.02 bits per heavy atom. The van der Waals surface area contributed by atoms with Crippen LogP contribution < -0.4 is 0 Å². The molecular weight excluding hydrogens is 973 g/mol. The summed E-state index contributed by atoms with van der Waals surface area (Å²) in [5.74, 6) is -1.42. The van der Waals surface area contributed by atoms with Crippen LogP contribution in [0.2, 0.25) is 0 Å². The molecule has 0 N–H and O–H groups in total. The monoisotopic (exact) mass is 1040 g/mol. The number of hydrogen-bond donors (Lipinski definition) is 0. The molecule has 0 unspecified atom stereocenters. The fourth-order valence-corrected chi connectivity index (χ4v) is 7.80. The van der Waals surface area contributed by atoms with Crippen LogP contribution in [0.4, 0.5) is 0 Å². The SMILES string of the molecule is [2H]c1cc2c(oc3c(-c4ccc(C([2H])([2H])C([2H])([2H])c5cc(C([2H])([2H])C([2H])([2H])c6cnc(-c7[c-]cccc7)cc6C([2H])([2H])[2H])cc(C([2H])([2H])C([2H])([2H])c6cnc(-c7[c-]cccc7)cc6C6([2H])CCCCC6)c5)cn4)[c-]ccc32)c([2H])c1C#N.[Ir+3]. The van der Waals surface area contributed by atoms with E-state index in [1.54, 1.807) is 66.7 Å². The number of nitriles is 1. The maximum absolute atomic E-state index is 9.83.